The molecule has 0 N–H and O–H groups in total. The van der Waals surface area contributed by atoms with Gasteiger partial charge in [0.15, 0.2) is 0 Å². The molecule has 0 atom stereocenters. The summed E-state index contributed by atoms with van der Waals surface area (Å²) in [7, 11) is 0. The predicted octanol–water partition coefficient (Wildman–Crippen LogP) is 5.40. The van der Waals surface area contributed by atoms with Crippen LogP contribution in [0.5, 0.6) is 0 Å². The highest BCUT2D eigenvalue weighted by atomic mass is 16.5. The summed E-state index contributed by atoms with van der Waals surface area (Å²) in [6.07, 6.45) is 0. The molecule has 2 aliphatic rings. The number of esters is 1. The van der Waals surface area contributed by atoms with Crippen LogP contribution in [0.1, 0.15) is 16.7 Å². The van der Waals surface area contributed by atoms with E-state index in [9.17, 15) is 10.1 Å². The zero-order valence-electron chi connectivity index (χ0n) is 15.4. The third-order valence-electron chi connectivity index (χ3n) is 5.09. The predicted molar refractivity (Wildman–Crippen MR) is 112 cm³/mol. The fourth-order valence-corrected chi connectivity index (χ4v) is 3.77. The largest absolute Gasteiger partial charge is 0.421 e. The van der Waals surface area contributed by atoms with E-state index in [-0.39, 0.29) is 5.57 Å². The molecule has 0 aromatic heterocycles. The molecule has 5 rings (SSSR count). The fourth-order valence-electron chi connectivity index (χ4n) is 3.77. The summed E-state index contributed by atoms with van der Waals surface area (Å²) in [6.45, 7) is 0. The van der Waals surface area contributed by atoms with Gasteiger partial charge in [0.25, 0.3) is 0 Å². The smallest absolute Gasteiger partial charge is 0.355 e. The maximum atomic E-state index is 12.5. The summed E-state index contributed by atoms with van der Waals surface area (Å²) in [6, 6.07) is 31.6. The average molecular weight is 373 g/mol. The summed E-state index contributed by atoms with van der Waals surface area (Å²) in [5, 5.41) is 9.61. The molecule has 3 aromatic carbocycles. The van der Waals surface area contributed by atoms with Gasteiger partial charge in [0.1, 0.15) is 17.4 Å². The molecule has 0 spiro atoms. The van der Waals surface area contributed by atoms with E-state index in [1.54, 1.807) is 0 Å². The minimum absolute atomic E-state index is 0.0467. The van der Waals surface area contributed by atoms with Crippen molar-refractivity contribution in [3.8, 4) is 6.07 Å². The number of cyclic esters (lactones) is 1. The van der Waals surface area contributed by atoms with E-state index in [2.05, 4.69) is 0 Å². The van der Waals surface area contributed by atoms with E-state index in [0.717, 1.165) is 33.4 Å². The number of ether oxygens (including phenoxy) is 1. The molecule has 136 valence electrons. The monoisotopic (exact) mass is 373 g/mol. The van der Waals surface area contributed by atoms with E-state index >= 15 is 0 Å². The number of rotatable bonds is 3. The average Bonchev–Trinajstić information content (AvgIpc) is 3.44. The normalized spacial score (nSPS) is 15.5. The summed E-state index contributed by atoms with van der Waals surface area (Å²) >= 11 is 0. The first-order valence-corrected chi connectivity index (χ1v) is 9.32. The molecule has 1 aliphatic heterocycles. The topological polar surface area (TPSA) is 50.1 Å². The molecule has 0 bridgehead atoms. The molecule has 1 heterocycles. The second-order valence-electron chi connectivity index (χ2n) is 6.80. The van der Waals surface area contributed by atoms with Crippen molar-refractivity contribution in [3.05, 3.63) is 125 Å². The van der Waals surface area contributed by atoms with Crippen molar-refractivity contribution in [3.63, 3.8) is 0 Å². The molecule has 3 heteroatoms. The van der Waals surface area contributed by atoms with E-state index in [0.29, 0.717) is 11.3 Å². The Bertz CT molecular complexity index is 1210. The minimum atomic E-state index is -0.597. The Balaban J connectivity index is 1.74. The van der Waals surface area contributed by atoms with Crippen molar-refractivity contribution >= 4 is 22.7 Å². The summed E-state index contributed by atoms with van der Waals surface area (Å²) < 4.78 is 5.66. The van der Waals surface area contributed by atoms with E-state index in [1.807, 2.05) is 97.1 Å². The minimum Gasteiger partial charge on any atom is -0.421 e. The zero-order chi connectivity index (χ0) is 19.8. The number of hydrogen-bond acceptors (Lipinski definition) is 3. The molecule has 0 unspecified atom stereocenters. The van der Waals surface area contributed by atoms with Crippen LogP contribution in [0.4, 0.5) is 0 Å². The van der Waals surface area contributed by atoms with Crippen LogP contribution in [0.15, 0.2) is 108 Å². The lowest BCUT2D eigenvalue weighted by atomic mass is 9.98. The lowest BCUT2D eigenvalue weighted by Gasteiger charge is -2.05. The maximum Gasteiger partial charge on any atom is 0.355 e. The van der Waals surface area contributed by atoms with Gasteiger partial charge in [-0.15, -0.1) is 0 Å². The number of hydrogen-bond donors (Lipinski definition) is 0. The van der Waals surface area contributed by atoms with Crippen LogP contribution in [0.25, 0.3) is 16.7 Å². The number of nitriles is 1. The maximum absolute atomic E-state index is 12.5. The van der Waals surface area contributed by atoms with Crippen LogP contribution >= 0.6 is 0 Å². The first kappa shape index (κ1) is 17.0. The Kier molecular flexibility index (Phi) is 3.97. The Morgan fingerprint density at radius 2 is 1.00 bits per heavy atom. The van der Waals surface area contributed by atoms with Gasteiger partial charge in [0.05, 0.1) is 5.57 Å². The van der Waals surface area contributed by atoms with Gasteiger partial charge in [-0.05, 0) is 16.7 Å². The third-order valence-corrected chi connectivity index (χ3v) is 5.09. The van der Waals surface area contributed by atoms with Crippen molar-refractivity contribution in [2.45, 2.75) is 0 Å². The second kappa shape index (κ2) is 6.78. The van der Waals surface area contributed by atoms with Crippen molar-refractivity contribution in [1.82, 2.24) is 0 Å². The van der Waals surface area contributed by atoms with Crippen molar-refractivity contribution < 1.29 is 9.53 Å². The van der Waals surface area contributed by atoms with Gasteiger partial charge >= 0.3 is 5.97 Å². The highest BCUT2D eigenvalue weighted by Gasteiger charge is 2.42. The fraction of sp³-hybridized carbons (Fsp3) is 0. The number of carbonyl (C=O) groups excluding carboxylic acids is 1. The number of benzene rings is 3. The van der Waals surface area contributed by atoms with Crippen molar-refractivity contribution in [2.75, 3.05) is 0 Å². The van der Waals surface area contributed by atoms with Gasteiger partial charge in [0, 0.05) is 16.7 Å². The Morgan fingerprint density at radius 1 is 0.586 bits per heavy atom. The lowest BCUT2D eigenvalue weighted by molar-refractivity contribution is -0.132. The highest BCUT2D eigenvalue weighted by Crippen LogP contribution is 2.57. The first-order valence-electron chi connectivity index (χ1n) is 9.32. The highest BCUT2D eigenvalue weighted by molar-refractivity contribution is 6.29. The van der Waals surface area contributed by atoms with Crippen LogP contribution in [0.2, 0.25) is 0 Å². The standard InChI is InChI=1S/C26H15NO2/c27-16-20-21(17-10-4-1-5-11-17)25(29-26(20)28)24-22(18-12-6-2-7-13-18)23(24)19-14-8-3-9-15-19/h1-15H. The first-order chi connectivity index (χ1) is 14.3. The zero-order valence-corrected chi connectivity index (χ0v) is 15.4. The molecule has 0 saturated carbocycles. The summed E-state index contributed by atoms with van der Waals surface area (Å²) in [5.74, 6) is -0.129. The third kappa shape index (κ3) is 2.79. The van der Waals surface area contributed by atoms with Gasteiger partial charge < -0.3 is 4.74 Å². The molecular formula is C26H15NO2. The summed E-state index contributed by atoms with van der Waals surface area (Å²) in [4.78, 5) is 12.5. The van der Waals surface area contributed by atoms with Gasteiger partial charge in [-0.1, -0.05) is 91.0 Å². The molecule has 0 radical (unpaired) electrons. The van der Waals surface area contributed by atoms with Crippen LogP contribution in [0, 0.1) is 11.3 Å². The Labute approximate surface area is 168 Å². The number of allylic oxidation sites excluding steroid dienone is 4. The molecule has 0 amide bonds. The van der Waals surface area contributed by atoms with Gasteiger partial charge in [0.2, 0.25) is 0 Å². The Hall–Kier alpha value is -4.16. The molecule has 29 heavy (non-hydrogen) atoms. The van der Waals surface area contributed by atoms with Crippen LogP contribution in [-0.2, 0) is 9.53 Å². The molecular weight excluding hydrogens is 358 g/mol. The lowest BCUT2D eigenvalue weighted by Crippen LogP contribution is -1.96. The van der Waals surface area contributed by atoms with Crippen LogP contribution in [-0.4, -0.2) is 5.97 Å². The molecule has 1 aliphatic carbocycles. The second-order valence-corrected chi connectivity index (χ2v) is 6.80. The summed E-state index contributed by atoms with van der Waals surface area (Å²) in [5.41, 5.74) is 6.51. The van der Waals surface area contributed by atoms with E-state index in [4.69, 9.17) is 4.74 Å². The van der Waals surface area contributed by atoms with Crippen LogP contribution < -0.4 is 0 Å². The molecule has 3 nitrogen and oxygen atoms in total. The van der Waals surface area contributed by atoms with E-state index in [1.165, 1.54) is 0 Å². The van der Waals surface area contributed by atoms with Gasteiger partial charge in [-0.3, -0.25) is 0 Å². The van der Waals surface area contributed by atoms with Crippen molar-refractivity contribution in [1.29, 1.82) is 5.26 Å². The van der Waals surface area contributed by atoms with Gasteiger partial charge in [-0.25, -0.2) is 4.79 Å². The molecule has 3 aromatic rings. The number of carbonyl (C=O) groups is 1. The SMILES string of the molecule is N#CC1=C(c2ccccc2)C(=C2C(c3ccccc3)=C2c2ccccc2)OC1=O. The van der Waals surface area contributed by atoms with Gasteiger partial charge in [-0.2, -0.15) is 5.26 Å². The molecule has 0 fully saturated rings. The Morgan fingerprint density at radius 3 is 1.41 bits per heavy atom. The molecule has 0 saturated heterocycles. The quantitative estimate of drug-likeness (QED) is 0.578. The van der Waals surface area contributed by atoms with Crippen LogP contribution in [0.3, 0.4) is 0 Å². The van der Waals surface area contributed by atoms with E-state index < -0.39 is 5.97 Å². The number of nitrogens with zero attached hydrogens (tertiary/aromatic N) is 1. The van der Waals surface area contributed by atoms with Crippen molar-refractivity contribution in [2.24, 2.45) is 0 Å².